The number of hydrogen-bond acceptors (Lipinski definition) is 2. The molecule has 0 radical (unpaired) electrons. The predicted octanol–water partition coefficient (Wildman–Crippen LogP) is 4.60. The molecule has 1 heterocycles. The molecule has 3 nitrogen and oxygen atoms in total. The van der Waals surface area contributed by atoms with Gasteiger partial charge in [-0.2, -0.15) is 0 Å². The largest absolute Gasteiger partial charge is 0.508 e. The standard InChI is InChI=1S/C20H22N2O/c1-20(2,3)17-10-8-15(9-11-17)19-21-12-13-22(19)14-16-6-4-5-7-18(16)23/h4-13,23H,14H2,1-3H3. The molecule has 0 saturated heterocycles. The van der Waals surface area contributed by atoms with E-state index in [0.717, 1.165) is 17.0 Å². The van der Waals surface area contributed by atoms with E-state index >= 15 is 0 Å². The Morgan fingerprint density at radius 3 is 2.35 bits per heavy atom. The van der Waals surface area contributed by atoms with Gasteiger partial charge in [0.15, 0.2) is 0 Å². The maximum atomic E-state index is 9.96. The van der Waals surface area contributed by atoms with Crippen molar-refractivity contribution in [1.82, 2.24) is 9.55 Å². The lowest BCUT2D eigenvalue weighted by Gasteiger charge is -2.19. The van der Waals surface area contributed by atoms with Crippen molar-refractivity contribution in [3.63, 3.8) is 0 Å². The zero-order valence-corrected chi connectivity index (χ0v) is 13.8. The van der Waals surface area contributed by atoms with Gasteiger partial charge in [-0.25, -0.2) is 4.98 Å². The van der Waals surface area contributed by atoms with Crippen LogP contribution >= 0.6 is 0 Å². The molecule has 0 atom stereocenters. The van der Waals surface area contributed by atoms with Crippen LogP contribution in [0.5, 0.6) is 5.75 Å². The summed E-state index contributed by atoms with van der Waals surface area (Å²) in [5.41, 5.74) is 3.42. The molecule has 118 valence electrons. The summed E-state index contributed by atoms with van der Waals surface area (Å²) >= 11 is 0. The van der Waals surface area contributed by atoms with Crippen molar-refractivity contribution in [2.45, 2.75) is 32.7 Å². The average Bonchev–Trinajstić information content (AvgIpc) is 2.97. The number of benzene rings is 2. The van der Waals surface area contributed by atoms with Gasteiger partial charge in [-0.05, 0) is 17.0 Å². The minimum absolute atomic E-state index is 0.143. The van der Waals surface area contributed by atoms with E-state index < -0.39 is 0 Å². The summed E-state index contributed by atoms with van der Waals surface area (Å²) in [6.07, 6.45) is 3.74. The Morgan fingerprint density at radius 1 is 1.00 bits per heavy atom. The first-order chi connectivity index (χ1) is 10.9. The summed E-state index contributed by atoms with van der Waals surface area (Å²) in [6.45, 7) is 7.23. The minimum Gasteiger partial charge on any atom is -0.508 e. The van der Waals surface area contributed by atoms with E-state index in [9.17, 15) is 5.11 Å². The van der Waals surface area contributed by atoms with Crippen molar-refractivity contribution in [1.29, 1.82) is 0 Å². The van der Waals surface area contributed by atoms with Gasteiger partial charge in [0, 0.05) is 23.5 Å². The van der Waals surface area contributed by atoms with Crippen LogP contribution in [0.1, 0.15) is 31.9 Å². The zero-order valence-electron chi connectivity index (χ0n) is 13.8. The van der Waals surface area contributed by atoms with E-state index in [0.29, 0.717) is 12.3 Å². The molecule has 0 aliphatic heterocycles. The number of imidazole rings is 1. The third-order valence-electron chi connectivity index (χ3n) is 4.06. The number of phenolic OH excluding ortho intramolecular Hbond substituents is 1. The fraction of sp³-hybridized carbons (Fsp3) is 0.250. The molecule has 0 unspecified atom stereocenters. The van der Waals surface area contributed by atoms with Gasteiger partial charge in [-0.15, -0.1) is 0 Å². The third-order valence-corrected chi connectivity index (χ3v) is 4.06. The van der Waals surface area contributed by atoms with Crippen LogP contribution in [0.4, 0.5) is 0 Å². The number of rotatable bonds is 3. The molecule has 0 bridgehead atoms. The molecule has 1 N–H and O–H groups in total. The van der Waals surface area contributed by atoms with Crippen LogP contribution in [0, 0.1) is 0 Å². The number of hydrogen-bond donors (Lipinski definition) is 1. The second-order valence-corrected chi connectivity index (χ2v) is 6.83. The highest BCUT2D eigenvalue weighted by atomic mass is 16.3. The predicted molar refractivity (Wildman–Crippen MR) is 93.6 cm³/mol. The fourth-order valence-corrected chi connectivity index (χ4v) is 2.64. The van der Waals surface area contributed by atoms with Crippen LogP contribution < -0.4 is 0 Å². The van der Waals surface area contributed by atoms with Crippen LogP contribution in [-0.2, 0) is 12.0 Å². The first-order valence-corrected chi connectivity index (χ1v) is 7.84. The molecular formula is C20H22N2O. The van der Waals surface area contributed by atoms with Crippen molar-refractivity contribution in [3.05, 3.63) is 72.1 Å². The Balaban J connectivity index is 1.91. The molecule has 0 amide bonds. The summed E-state index contributed by atoms with van der Waals surface area (Å²) < 4.78 is 2.06. The fourth-order valence-electron chi connectivity index (χ4n) is 2.64. The molecule has 0 saturated carbocycles. The number of para-hydroxylation sites is 1. The van der Waals surface area contributed by atoms with Crippen LogP contribution in [0.15, 0.2) is 60.9 Å². The van der Waals surface area contributed by atoms with Gasteiger partial charge < -0.3 is 9.67 Å². The molecule has 2 aromatic carbocycles. The van der Waals surface area contributed by atoms with Crippen molar-refractivity contribution >= 4 is 0 Å². The second kappa shape index (κ2) is 5.92. The Morgan fingerprint density at radius 2 is 1.70 bits per heavy atom. The first kappa shape index (κ1) is 15.3. The van der Waals surface area contributed by atoms with E-state index in [1.807, 2.05) is 24.4 Å². The van der Waals surface area contributed by atoms with E-state index in [-0.39, 0.29) is 5.41 Å². The highest BCUT2D eigenvalue weighted by molar-refractivity contribution is 5.56. The highest BCUT2D eigenvalue weighted by Gasteiger charge is 2.14. The maximum Gasteiger partial charge on any atom is 0.140 e. The van der Waals surface area contributed by atoms with Crippen LogP contribution in [0.2, 0.25) is 0 Å². The number of aromatic hydroxyl groups is 1. The lowest BCUT2D eigenvalue weighted by atomic mass is 9.87. The van der Waals surface area contributed by atoms with Crippen molar-refractivity contribution in [2.24, 2.45) is 0 Å². The minimum atomic E-state index is 0.143. The molecule has 0 spiro atoms. The van der Waals surface area contributed by atoms with Gasteiger partial charge in [0.2, 0.25) is 0 Å². The van der Waals surface area contributed by atoms with Gasteiger partial charge in [0.25, 0.3) is 0 Å². The lowest BCUT2D eigenvalue weighted by Crippen LogP contribution is -2.10. The molecule has 3 aromatic rings. The number of phenols is 1. The second-order valence-electron chi connectivity index (χ2n) is 6.83. The Bertz CT molecular complexity index is 795. The molecule has 3 rings (SSSR count). The molecule has 23 heavy (non-hydrogen) atoms. The van der Waals surface area contributed by atoms with E-state index in [2.05, 4.69) is 54.6 Å². The summed E-state index contributed by atoms with van der Waals surface area (Å²) in [5.74, 6) is 1.23. The van der Waals surface area contributed by atoms with Crippen LogP contribution in [-0.4, -0.2) is 14.7 Å². The average molecular weight is 306 g/mol. The maximum absolute atomic E-state index is 9.96. The van der Waals surface area contributed by atoms with Crippen molar-refractivity contribution < 1.29 is 5.11 Å². The van der Waals surface area contributed by atoms with E-state index in [1.54, 1.807) is 12.3 Å². The smallest absolute Gasteiger partial charge is 0.140 e. The Kier molecular flexibility index (Phi) is 3.95. The van der Waals surface area contributed by atoms with Gasteiger partial charge in [0.05, 0.1) is 6.54 Å². The first-order valence-electron chi connectivity index (χ1n) is 7.84. The van der Waals surface area contributed by atoms with Crippen LogP contribution in [0.3, 0.4) is 0 Å². The molecule has 3 heteroatoms. The molecule has 1 aromatic heterocycles. The summed E-state index contributed by atoms with van der Waals surface area (Å²) in [6, 6.07) is 16.0. The van der Waals surface area contributed by atoms with Gasteiger partial charge >= 0.3 is 0 Å². The number of aromatic nitrogens is 2. The molecule has 0 fully saturated rings. The molecular weight excluding hydrogens is 284 g/mol. The lowest BCUT2D eigenvalue weighted by molar-refractivity contribution is 0.466. The quantitative estimate of drug-likeness (QED) is 0.768. The van der Waals surface area contributed by atoms with Gasteiger partial charge in [-0.3, -0.25) is 0 Å². The highest BCUT2D eigenvalue weighted by Crippen LogP contribution is 2.26. The molecule has 0 aliphatic carbocycles. The van der Waals surface area contributed by atoms with Gasteiger partial charge in [-0.1, -0.05) is 63.2 Å². The molecule has 0 aliphatic rings. The van der Waals surface area contributed by atoms with Gasteiger partial charge in [0.1, 0.15) is 11.6 Å². The third kappa shape index (κ3) is 3.29. The summed E-state index contributed by atoms with van der Waals surface area (Å²) in [4.78, 5) is 4.49. The monoisotopic (exact) mass is 306 g/mol. The van der Waals surface area contributed by atoms with Crippen LogP contribution in [0.25, 0.3) is 11.4 Å². The number of nitrogens with zero attached hydrogens (tertiary/aromatic N) is 2. The SMILES string of the molecule is CC(C)(C)c1ccc(-c2nccn2Cc2ccccc2O)cc1. The van der Waals surface area contributed by atoms with Crippen molar-refractivity contribution in [2.75, 3.05) is 0 Å². The van der Waals surface area contributed by atoms with E-state index in [1.165, 1.54) is 5.56 Å². The zero-order chi connectivity index (χ0) is 16.4. The topological polar surface area (TPSA) is 38.0 Å². The Hall–Kier alpha value is -2.55. The van der Waals surface area contributed by atoms with E-state index in [4.69, 9.17) is 0 Å². The summed E-state index contributed by atoms with van der Waals surface area (Å²) in [5, 5.41) is 9.96. The normalized spacial score (nSPS) is 11.6. The summed E-state index contributed by atoms with van der Waals surface area (Å²) in [7, 11) is 0. The Labute approximate surface area is 137 Å². The van der Waals surface area contributed by atoms with Crippen molar-refractivity contribution in [3.8, 4) is 17.1 Å².